The summed E-state index contributed by atoms with van der Waals surface area (Å²) < 4.78 is 37.0. The van der Waals surface area contributed by atoms with Crippen LogP contribution in [0.1, 0.15) is 29.3 Å². The van der Waals surface area contributed by atoms with E-state index in [0.29, 0.717) is 35.8 Å². The van der Waals surface area contributed by atoms with Gasteiger partial charge in [0.25, 0.3) is 5.91 Å². The average Bonchev–Trinajstić information content (AvgIpc) is 2.91. The van der Waals surface area contributed by atoms with E-state index < -0.39 is 22.0 Å². The number of nitrogens with zero attached hydrogens (tertiary/aromatic N) is 1. The van der Waals surface area contributed by atoms with E-state index in [1.54, 1.807) is 81.8 Å². The quantitative estimate of drug-likeness (QED) is 0.361. The number of benzene rings is 3. The van der Waals surface area contributed by atoms with Crippen molar-refractivity contribution in [2.45, 2.75) is 25.8 Å². The normalized spacial score (nSPS) is 11.8. The van der Waals surface area contributed by atoms with Crippen LogP contribution in [0.25, 0.3) is 0 Å². The Hall–Kier alpha value is -4.05. The van der Waals surface area contributed by atoms with Crippen molar-refractivity contribution in [1.29, 1.82) is 0 Å². The average molecular weight is 540 g/mol. The SMILES string of the molecule is CC[C@H](C(=O)Nc1ccccc1C(=O)NCCc1ccc(OC)c(OC)c1)N(c1ccccc1)S(C)(=O)=O. The van der Waals surface area contributed by atoms with E-state index in [9.17, 15) is 18.0 Å². The van der Waals surface area contributed by atoms with E-state index in [1.807, 2.05) is 12.1 Å². The number of hydrogen-bond acceptors (Lipinski definition) is 6. The summed E-state index contributed by atoms with van der Waals surface area (Å²) in [7, 11) is -0.636. The van der Waals surface area contributed by atoms with Crippen LogP contribution in [0.4, 0.5) is 11.4 Å². The van der Waals surface area contributed by atoms with Gasteiger partial charge in [-0.3, -0.25) is 13.9 Å². The fourth-order valence-electron chi connectivity index (χ4n) is 4.09. The molecule has 2 amide bonds. The molecule has 10 heteroatoms. The summed E-state index contributed by atoms with van der Waals surface area (Å²) in [6, 6.07) is 19.6. The maximum atomic E-state index is 13.3. The summed E-state index contributed by atoms with van der Waals surface area (Å²) in [4.78, 5) is 26.3. The zero-order chi connectivity index (χ0) is 27.7. The maximum absolute atomic E-state index is 13.3. The minimum Gasteiger partial charge on any atom is -0.493 e. The van der Waals surface area contributed by atoms with E-state index in [0.717, 1.165) is 16.1 Å². The Kier molecular flexibility index (Phi) is 9.72. The number of nitrogens with one attached hydrogen (secondary N) is 2. The molecule has 0 aromatic heterocycles. The summed E-state index contributed by atoms with van der Waals surface area (Å²) >= 11 is 0. The van der Waals surface area contributed by atoms with Crippen LogP contribution in [0.15, 0.2) is 72.8 Å². The van der Waals surface area contributed by atoms with Gasteiger partial charge in [0, 0.05) is 6.54 Å². The molecule has 3 aromatic carbocycles. The van der Waals surface area contributed by atoms with Crippen LogP contribution in [0.3, 0.4) is 0 Å². The van der Waals surface area contributed by atoms with Gasteiger partial charge in [-0.05, 0) is 54.8 Å². The third kappa shape index (κ3) is 7.04. The maximum Gasteiger partial charge on any atom is 0.253 e. The first-order valence-electron chi connectivity index (χ1n) is 12.1. The zero-order valence-corrected chi connectivity index (χ0v) is 22.7. The first-order chi connectivity index (χ1) is 18.2. The second kappa shape index (κ2) is 13.0. The van der Waals surface area contributed by atoms with Gasteiger partial charge in [0.05, 0.1) is 37.4 Å². The number of carbonyl (C=O) groups excluding carboxylic acids is 2. The molecule has 0 aliphatic carbocycles. The fourth-order valence-corrected chi connectivity index (χ4v) is 5.30. The van der Waals surface area contributed by atoms with E-state index in [-0.39, 0.29) is 17.9 Å². The smallest absolute Gasteiger partial charge is 0.253 e. The van der Waals surface area contributed by atoms with Crippen LogP contribution in [0.5, 0.6) is 11.5 Å². The second-order valence-corrected chi connectivity index (χ2v) is 10.4. The Morgan fingerprint density at radius 1 is 0.921 bits per heavy atom. The van der Waals surface area contributed by atoms with E-state index >= 15 is 0 Å². The predicted octanol–water partition coefficient (Wildman–Crippen LogP) is 3.86. The number of amides is 2. The third-order valence-corrected chi connectivity index (χ3v) is 7.10. The minimum absolute atomic E-state index is 0.230. The van der Waals surface area contributed by atoms with Crippen LogP contribution in [-0.2, 0) is 21.2 Å². The Bertz CT molecular complexity index is 1360. The lowest BCUT2D eigenvalue weighted by Gasteiger charge is -2.30. The summed E-state index contributed by atoms with van der Waals surface area (Å²) in [5.74, 6) is 0.329. The van der Waals surface area contributed by atoms with Crippen LogP contribution in [0.2, 0.25) is 0 Å². The molecule has 0 heterocycles. The number of anilines is 2. The van der Waals surface area contributed by atoms with Crippen molar-refractivity contribution in [2.24, 2.45) is 0 Å². The molecule has 9 nitrogen and oxygen atoms in total. The van der Waals surface area contributed by atoms with Crippen LogP contribution in [0, 0.1) is 0 Å². The number of carbonyl (C=O) groups is 2. The first-order valence-corrected chi connectivity index (χ1v) is 14.0. The van der Waals surface area contributed by atoms with Crippen molar-refractivity contribution in [3.05, 3.63) is 83.9 Å². The van der Waals surface area contributed by atoms with Gasteiger partial charge in [0.15, 0.2) is 11.5 Å². The molecular formula is C28H33N3O6S. The minimum atomic E-state index is -3.76. The third-order valence-electron chi connectivity index (χ3n) is 5.92. The molecule has 1 atom stereocenters. The number of ether oxygens (including phenoxy) is 2. The Balaban J connectivity index is 1.73. The lowest BCUT2D eigenvalue weighted by atomic mass is 10.1. The highest BCUT2D eigenvalue weighted by Gasteiger charge is 2.32. The molecule has 0 bridgehead atoms. The number of hydrogen-bond donors (Lipinski definition) is 2. The molecule has 0 spiro atoms. The fraction of sp³-hybridized carbons (Fsp3) is 0.286. The molecule has 0 saturated carbocycles. The van der Waals surface area contributed by atoms with Gasteiger partial charge in [-0.15, -0.1) is 0 Å². The molecule has 2 N–H and O–H groups in total. The summed E-state index contributed by atoms with van der Waals surface area (Å²) in [6.07, 6.45) is 1.85. The van der Waals surface area contributed by atoms with E-state index in [1.165, 1.54) is 0 Å². The molecule has 0 aliphatic heterocycles. The van der Waals surface area contributed by atoms with Crippen molar-refractivity contribution in [3.8, 4) is 11.5 Å². The number of para-hydroxylation sites is 2. The van der Waals surface area contributed by atoms with Gasteiger partial charge in [0.1, 0.15) is 6.04 Å². The van der Waals surface area contributed by atoms with Gasteiger partial charge in [-0.1, -0.05) is 43.3 Å². The summed E-state index contributed by atoms with van der Waals surface area (Å²) in [6.45, 7) is 2.09. The van der Waals surface area contributed by atoms with Crippen molar-refractivity contribution in [1.82, 2.24) is 5.32 Å². The molecule has 3 rings (SSSR count). The number of methoxy groups -OCH3 is 2. The molecule has 0 fully saturated rings. The van der Waals surface area contributed by atoms with Gasteiger partial charge >= 0.3 is 0 Å². The Morgan fingerprint density at radius 2 is 1.58 bits per heavy atom. The summed E-state index contributed by atoms with van der Waals surface area (Å²) in [5.41, 5.74) is 1.91. The van der Waals surface area contributed by atoms with Gasteiger partial charge in [-0.25, -0.2) is 8.42 Å². The summed E-state index contributed by atoms with van der Waals surface area (Å²) in [5, 5.41) is 5.64. The monoisotopic (exact) mass is 539 g/mol. The van der Waals surface area contributed by atoms with Crippen LogP contribution in [-0.4, -0.2) is 53.3 Å². The molecule has 0 unspecified atom stereocenters. The van der Waals surface area contributed by atoms with E-state index in [4.69, 9.17) is 9.47 Å². The van der Waals surface area contributed by atoms with Crippen LogP contribution >= 0.6 is 0 Å². The predicted molar refractivity (Wildman–Crippen MR) is 148 cm³/mol. The molecule has 3 aromatic rings. The number of sulfonamides is 1. The molecule has 0 saturated heterocycles. The van der Waals surface area contributed by atoms with Gasteiger partial charge in [0.2, 0.25) is 15.9 Å². The van der Waals surface area contributed by atoms with Gasteiger partial charge < -0.3 is 20.1 Å². The first kappa shape index (κ1) is 28.5. The largest absolute Gasteiger partial charge is 0.493 e. The molecule has 202 valence electrons. The van der Waals surface area contributed by atoms with Crippen molar-refractivity contribution in [2.75, 3.05) is 36.6 Å². The van der Waals surface area contributed by atoms with Crippen molar-refractivity contribution in [3.63, 3.8) is 0 Å². The van der Waals surface area contributed by atoms with Crippen molar-refractivity contribution >= 4 is 33.2 Å². The lowest BCUT2D eigenvalue weighted by Crippen LogP contribution is -2.47. The van der Waals surface area contributed by atoms with Gasteiger partial charge in [-0.2, -0.15) is 0 Å². The van der Waals surface area contributed by atoms with Crippen molar-refractivity contribution < 1.29 is 27.5 Å². The molecular weight excluding hydrogens is 506 g/mol. The molecule has 0 radical (unpaired) electrons. The lowest BCUT2D eigenvalue weighted by molar-refractivity contribution is -0.117. The van der Waals surface area contributed by atoms with Crippen LogP contribution < -0.4 is 24.4 Å². The second-order valence-electron chi connectivity index (χ2n) is 8.55. The Labute approximate surface area is 223 Å². The highest BCUT2D eigenvalue weighted by molar-refractivity contribution is 7.92. The standard InChI is InChI=1S/C28H33N3O6S/c1-5-24(31(38(4,34)35)21-11-7-6-8-12-21)28(33)30-23-14-10-9-13-22(23)27(32)29-18-17-20-15-16-25(36-2)26(19-20)37-3/h6-16,19,24H,5,17-18H2,1-4H3,(H,29,32)(H,30,33)/t24-/m1/s1. The Morgan fingerprint density at radius 3 is 2.21 bits per heavy atom. The van der Waals surface area contributed by atoms with E-state index in [2.05, 4.69) is 10.6 Å². The zero-order valence-electron chi connectivity index (χ0n) is 21.9. The molecule has 0 aliphatic rings. The number of rotatable bonds is 12. The highest BCUT2D eigenvalue weighted by Crippen LogP contribution is 2.28. The topological polar surface area (TPSA) is 114 Å². The molecule has 38 heavy (non-hydrogen) atoms. The highest BCUT2D eigenvalue weighted by atomic mass is 32.2.